The second-order valence-corrected chi connectivity index (χ2v) is 6.87. The molecule has 0 amide bonds. The van der Waals surface area contributed by atoms with Crippen molar-refractivity contribution in [3.05, 3.63) is 35.7 Å². The van der Waals surface area contributed by atoms with E-state index in [1.807, 2.05) is 26.0 Å². The lowest BCUT2D eigenvalue weighted by Gasteiger charge is -2.45. The standard InChI is InChI=1S/C18H26N6O/c1-11-8-17(21-15(5)20-11)23-9-12(2)24(13(3)10-23)16-6-7-19-18(22-16)14(4)25/h6-8,12-14,25H,9-10H2,1-5H3/t12-,13+,14-/m1/s1. The van der Waals surface area contributed by atoms with Gasteiger partial charge in [0.25, 0.3) is 0 Å². The van der Waals surface area contributed by atoms with Crippen LogP contribution in [0, 0.1) is 13.8 Å². The van der Waals surface area contributed by atoms with Crippen molar-refractivity contribution in [2.45, 2.75) is 52.8 Å². The molecular formula is C18H26N6O. The number of aromatic nitrogens is 4. The summed E-state index contributed by atoms with van der Waals surface area (Å²) in [6, 6.07) is 4.47. The van der Waals surface area contributed by atoms with E-state index in [4.69, 9.17) is 0 Å². The maximum atomic E-state index is 9.76. The van der Waals surface area contributed by atoms with Crippen molar-refractivity contribution in [2.24, 2.45) is 0 Å². The van der Waals surface area contributed by atoms with Crippen LogP contribution in [0.4, 0.5) is 11.6 Å². The minimum atomic E-state index is -0.668. The van der Waals surface area contributed by atoms with Gasteiger partial charge in [-0.15, -0.1) is 0 Å². The summed E-state index contributed by atoms with van der Waals surface area (Å²) in [6.45, 7) is 11.7. The molecule has 2 aromatic rings. The highest BCUT2D eigenvalue weighted by Gasteiger charge is 2.31. The fourth-order valence-corrected chi connectivity index (χ4v) is 3.53. The highest BCUT2D eigenvalue weighted by molar-refractivity contribution is 5.48. The Hall–Kier alpha value is -2.28. The van der Waals surface area contributed by atoms with Gasteiger partial charge in [0.15, 0.2) is 5.82 Å². The van der Waals surface area contributed by atoms with E-state index < -0.39 is 6.10 Å². The van der Waals surface area contributed by atoms with Gasteiger partial charge in [0.2, 0.25) is 0 Å². The predicted molar refractivity (Wildman–Crippen MR) is 97.8 cm³/mol. The van der Waals surface area contributed by atoms with Crippen molar-refractivity contribution in [3.63, 3.8) is 0 Å². The van der Waals surface area contributed by atoms with Crippen LogP contribution in [0.2, 0.25) is 0 Å². The number of aliphatic hydroxyl groups excluding tert-OH is 1. The highest BCUT2D eigenvalue weighted by atomic mass is 16.3. The third-order valence-corrected chi connectivity index (χ3v) is 4.49. The Bertz CT molecular complexity index is 718. The Morgan fingerprint density at radius 3 is 2.36 bits per heavy atom. The van der Waals surface area contributed by atoms with E-state index in [0.29, 0.717) is 5.82 Å². The Labute approximate surface area is 148 Å². The van der Waals surface area contributed by atoms with Gasteiger partial charge < -0.3 is 14.9 Å². The molecule has 1 N–H and O–H groups in total. The predicted octanol–water partition coefficient (Wildman–Crippen LogP) is 2.04. The summed E-state index contributed by atoms with van der Waals surface area (Å²) in [5.41, 5.74) is 0.989. The molecule has 0 saturated carbocycles. The smallest absolute Gasteiger partial charge is 0.158 e. The fourth-order valence-electron chi connectivity index (χ4n) is 3.53. The van der Waals surface area contributed by atoms with Gasteiger partial charge in [-0.05, 0) is 40.7 Å². The third kappa shape index (κ3) is 3.71. The largest absolute Gasteiger partial charge is 0.385 e. The van der Waals surface area contributed by atoms with E-state index in [0.717, 1.165) is 36.2 Å². The zero-order chi connectivity index (χ0) is 18.1. The van der Waals surface area contributed by atoms with Gasteiger partial charge in [0, 0.05) is 43.1 Å². The molecule has 0 unspecified atom stereocenters. The molecule has 0 radical (unpaired) electrons. The molecule has 0 aliphatic carbocycles. The van der Waals surface area contributed by atoms with E-state index in [2.05, 4.69) is 43.6 Å². The van der Waals surface area contributed by atoms with Crippen LogP contribution in [0.3, 0.4) is 0 Å². The molecule has 1 aliphatic heterocycles. The van der Waals surface area contributed by atoms with E-state index in [9.17, 15) is 5.11 Å². The zero-order valence-electron chi connectivity index (χ0n) is 15.5. The van der Waals surface area contributed by atoms with Gasteiger partial charge in [-0.1, -0.05) is 0 Å². The number of nitrogens with zero attached hydrogens (tertiary/aromatic N) is 6. The van der Waals surface area contributed by atoms with Crippen molar-refractivity contribution < 1.29 is 5.11 Å². The molecule has 1 aliphatic rings. The molecule has 0 spiro atoms. The molecule has 3 atom stereocenters. The quantitative estimate of drug-likeness (QED) is 0.914. The lowest BCUT2D eigenvalue weighted by molar-refractivity contribution is 0.189. The molecule has 3 heterocycles. The average molecular weight is 342 g/mol. The van der Waals surface area contributed by atoms with Crippen LogP contribution in [-0.4, -0.2) is 50.2 Å². The van der Waals surface area contributed by atoms with Crippen LogP contribution >= 0.6 is 0 Å². The maximum Gasteiger partial charge on any atom is 0.158 e. The second-order valence-electron chi connectivity index (χ2n) is 6.87. The Balaban J connectivity index is 1.84. The summed E-state index contributed by atoms with van der Waals surface area (Å²) < 4.78 is 0. The van der Waals surface area contributed by atoms with Gasteiger partial charge >= 0.3 is 0 Å². The summed E-state index contributed by atoms with van der Waals surface area (Å²) in [5.74, 6) is 3.10. The summed E-state index contributed by atoms with van der Waals surface area (Å²) in [5, 5.41) is 9.76. The number of hydrogen-bond acceptors (Lipinski definition) is 7. The molecular weight excluding hydrogens is 316 g/mol. The first-order valence-electron chi connectivity index (χ1n) is 8.71. The fraction of sp³-hybridized carbons (Fsp3) is 0.556. The molecule has 2 aromatic heterocycles. The first kappa shape index (κ1) is 17.5. The zero-order valence-corrected chi connectivity index (χ0v) is 15.5. The number of aliphatic hydroxyl groups is 1. The minimum Gasteiger partial charge on any atom is -0.385 e. The Kier molecular flexibility index (Phi) is 4.85. The summed E-state index contributed by atoms with van der Waals surface area (Å²) in [7, 11) is 0. The summed E-state index contributed by atoms with van der Waals surface area (Å²) in [6.07, 6.45) is 1.05. The average Bonchev–Trinajstić information content (AvgIpc) is 2.53. The molecule has 134 valence electrons. The molecule has 0 aromatic carbocycles. The Morgan fingerprint density at radius 2 is 1.76 bits per heavy atom. The van der Waals surface area contributed by atoms with Gasteiger partial charge in [0.05, 0.1) is 0 Å². The van der Waals surface area contributed by atoms with Gasteiger partial charge in [-0.3, -0.25) is 0 Å². The van der Waals surface area contributed by atoms with E-state index in [-0.39, 0.29) is 12.1 Å². The molecule has 3 rings (SSSR count). The van der Waals surface area contributed by atoms with Crippen LogP contribution < -0.4 is 9.80 Å². The van der Waals surface area contributed by atoms with Crippen molar-refractivity contribution in [1.29, 1.82) is 0 Å². The van der Waals surface area contributed by atoms with Crippen LogP contribution in [0.5, 0.6) is 0 Å². The SMILES string of the molecule is Cc1cc(N2C[C@@H](C)N(c3ccnc([C@@H](C)O)n3)[C@@H](C)C2)nc(C)n1. The number of rotatable bonds is 3. The molecule has 1 saturated heterocycles. The van der Waals surface area contributed by atoms with Gasteiger partial charge in [0.1, 0.15) is 23.6 Å². The van der Waals surface area contributed by atoms with Crippen molar-refractivity contribution in [1.82, 2.24) is 19.9 Å². The molecule has 1 fully saturated rings. The lowest BCUT2D eigenvalue weighted by Crippen LogP contribution is -2.57. The topological polar surface area (TPSA) is 78.3 Å². The number of anilines is 2. The number of piperazine rings is 1. The molecule has 7 nitrogen and oxygen atoms in total. The highest BCUT2D eigenvalue weighted by Crippen LogP contribution is 2.26. The number of hydrogen-bond donors (Lipinski definition) is 1. The third-order valence-electron chi connectivity index (χ3n) is 4.49. The van der Waals surface area contributed by atoms with Crippen LogP contribution in [0.1, 0.15) is 44.2 Å². The first-order chi connectivity index (χ1) is 11.8. The van der Waals surface area contributed by atoms with Crippen LogP contribution in [-0.2, 0) is 0 Å². The monoisotopic (exact) mass is 342 g/mol. The van der Waals surface area contributed by atoms with E-state index in [1.54, 1.807) is 13.1 Å². The maximum absolute atomic E-state index is 9.76. The van der Waals surface area contributed by atoms with Crippen molar-refractivity contribution >= 4 is 11.6 Å². The summed E-state index contributed by atoms with van der Waals surface area (Å²) in [4.78, 5) is 22.3. The van der Waals surface area contributed by atoms with Gasteiger partial charge in [-0.25, -0.2) is 19.9 Å². The second kappa shape index (κ2) is 6.92. The summed E-state index contributed by atoms with van der Waals surface area (Å²) >= 11 is 0. The first-order valence-corrected chi connectivity index (χ1v) is 8.71. The lowest BCUT2D eigenvalue weighted by atomic mass is 10.1. The van der Waals surface area contributed by atoms with E-state index in [1.165, 1.54) is 0 Å². The van der Waals surface area contributed by atoms with Crippen LogP contribution in [0.25, 0.3) is 0 Å². The van der Waals surface area contributed by atoms with Crippen LogP contribution in [0.15, 0.2) is 18.3 Å². The molecule has 7 heteroatoms. The van der Waals surface area contributed by atoms with Gasteiger partial charge in [-0.2, -0.15) is 0 Å². The Morgan fingerprint density at radius 1 is 1.08 bits per heavy atom. The molecule has 0 bridgehead atoms. The van der Waals surface area contributed by atoms with E-state index >= 15 is 0 Å². The molecule has 25 heavy (non-hydrogen) atoms. The van der Waals surface area contributed by atoms with Crippen molar-refractivity contribution in [2.75, 3.05) is 22.9 Å². The van der Waals surface area contributed by atoms with Crippen molar-refractivity contribution in [3.8, 4) is 0 Å². The minimum absolute atomic E-state index is 0.260. The number of aryl methyl sites for hydroxylation is 2. The normalized spacial score (nSPS) is 22.2.